The highest BCUT2D eigenvalue weighted by Crippen LogP contribution is 2.33. The zero-order valence-electron chi connectivity index (χ0n) is 19.4. The summed E-state index contributed by atoms with van der Waals surface area (Å²) in [5.41, 5.74) is 2.43. The van der Waals surface area contributed by atoms with E-state index in [-0.39, 0.29) is 6.61 Å². The second-order valence-corrected chi connectivity index (χ2v) is 8.73. The van der Waals surface area contributed by atoms with Gasteiger partial charge in [-0.05, 0) is 61.6 Å². The van der Waals surface area contributed by atoms with Gasteiger partial charge in [0.1, 0.15) is 12.2 Å². The molecule has 0 N–H and O–H groups in total. The largest absolute Gasteiger partial charge is 0.466 e. The lowest BCUT2D eigenvalue weighted by Crippen LogP contribution is -2.46. The number of ether oxygens (including phenoxy) is 3. The molecule has 1 unspecified atom stereocenters. The van der Waals surface area contributed by atoms with Crippen LogP contribution in [-0.4, -0.2) is 42.2 Å². The quantitative estimate of drug-likeness (QED) is 0.380. The number of benzene rings is 2. The molecule has 1 heterocycles. The average molecular weight is 452 g/mol. The Labute approximate surface area is 193 Å². The molecule has 0 spiro atoms. The minimum atomic E-state index is -0.959. The van der Waals surface area contributed by atoms with Crippen molar-refractivity contribution >= 4 is 24.1 Å². The summed E-state index contributed by atoms with van der Waals surface area (Å²) >= 11 is 0. The summed E-state index contributed by atoms with van der Waals surface area (Å²) in [5.74, 6) is -1.03. The summed E-state index contributed by atoms with van der Waals surface area (Å²) < 4.78 is 15.8. The van der Waals surface area contributed by atoms with Gasteiger partial charge in [-0.1, -0.05) is 42.5 Å². The second-order valence-electron chi connectivity index (χ2n) is 8.73. The van der Waals surface area contributed by atoms with Gasteiger partial charge >= 0.3 is 18.0 Å². The smallest absolute Gasteiger partial charge is 0.411 e. The molecular formula is C26H29NO6. The lowest BCUT2D eigenvalue weighted by Gasteiger charge is -2.36. The Balaban J connectivity index is 1.93. The highest BCUT2D eigenvalue weighted by molar-refractivity contribution is 5.87. The third-order valence-electron chi connectivity index (χ3n) is 5.09. The number of rotatable bonds is 5. The molecule has 33 heavy (non-hydrogen) atoms. The number of hydrogen-bond acceptors (Lipinski definition) is 6. The first-order valence-corrected chi connectivity index (χ1v) is 10.8. The van der Waals surface area contributed by atoms with Gasteiger partial charge in [0.2, 0.25) is 0 Å². The van der Waals surface area contributed by atoms with Gasteiger partial charge in [0.15, 0.2) is 6.04 Å². The zero-order chi connectivity index (χ0) is 24.0. The molecule has 1 aliphatic heterocycles. The molecule has 3 rings (SSSR count). The van der Waals surface area contributed by atoms with Crippen LogP contribution in [0.5, 0.6) is 0 Å². The van der Waals surface area contributed by atoms with Gasteiger partial charge in [-0.3, -0.25) is 4.90 Å². The van der Waals surface area contributed by atoms with Crippen molar-refractivity contribution < 1.29 is 28.6 Å². The monoisotopic (exact) mass is 451 g/mol. The summed E-state index contributed by atoms with van der Waals surface area (Å²) in [6, 6.07) is 13.9. The second kappa shape index (κ2) is 10.3. The van der Waals surface area contributed by atoms with Crippen LogP contribution < -0.4 is 0 Å². The van der Waals surface area contributed by atoms with Crippen LogP contribution in [0.15, 0.2) is 54.6 Å². The Bertz CT molecular complexity index is 1040. The molecule has 0 saturated carbocycles. The third-order valence-corrected chi connectivity index (χ3v) is 5.09. The van der Waals surface area contributed by atoms with Crippen LogP contribution in [0, 0.1) is 0 Å². The maximum Gasteiger partial charge on any atom is 0.411 e. The minimum absolute atomic E-state index is 0.0929. The number of amides is 1. The summed E-state index contributed by atoms with van der Waals surface area (Å²) in [6.07, 6.45) is 2.90. The van der Waals surface area contributed by atoms with Gasteiger partial charge in [0, 0.05) is 12.6 Å². The van der Waals surface area contributed by atoms with E-state index in [1.807, 2.05) is 42.5 Å². The predicted octanol–water partition coefficient (Wildman–Crippen LogP) is 4.45. The highest BCUT2D eigenvalue weighted by atomic mass is 16.6. The molecular weight excluding hydrogens is 422 g/mol. The molecule has 0 aromatic heterocycles. The van der Waals surface area contributed by atoms with Gasteiger partial charge in [-0.2, -0.15) is 0 Å². The van der Waals surface area contributed by atoms with Crippen LogP contribution >= 0.6 is 0 Å². The number of fused-ring (bicyclic) bond motifs is 1. The Kier molecular flexibility index (Phi) is 7.53. The molecule has 1 atom stereocenters. The van der Waals surface area contributed by atoms with E-state index in [1.165, 1.54) is 18.1 Å². The van der Waals surface area contributed by atoms with E-state index in [4.69, 9.17) is 9.47 Å². The Morgan fingerprint density at radius 1 is 1.09 bits per heavy atom. The van der Waals surface area contributed by atoms with Crippen molar-refractivity contribution in [1.82, 2.24) is 4.90 Å². The van der Waals surface area contributed by atoms with Gasteiger partial charge in [-0.25, -0.2) is 14.4 Å². The molecule has 0 bridgehead atoms. The van der Waals surface area contributed by atoms with E-state index >= 15 is 0 Å². The fourth-order valence-corrected chi connectivity index (χ4v) is 3.55. The van der Waals surface area contributed by atoms with E-state index in [9.17, 15) is 14.4 Å². The van der Waals surface area contributed by atoms with E-state index in [2.05, 4.69) is 4.74 Å². The van der Waals surface area contributed by atoms with Crippen molar-refractivity contribution in [2.75, 3.05) is 13.7 Å². The Morgan fingerprint density at radius 2 is 1.82 bits per heavy atom. The number of methoxy groups -OCH3 is 1. The fraction of sp³-hybridized carbons (Fsp3) is 0.346. The van der Waals surface area contributed by atoms with Crippen LogP contribution in [0.2, 0.25) is 0 Å². The van der Waals surface area contributed by atoms with Crippen LogP contribution in [0.4, 0.5) is 4.79 Å². The molecule has 174 valence electrons. The SMILES string of the molecule is COC(=O)C=Cc1ccc2c(c1)C(C(=O)OCc1ccccc1)N(C(=O)OC(C)(C)C)CC2. The number of esters is 2. The molecule has 2 aromatic carbocycles. The first-order chi connectivity index (χ1) is 15.7. The normalized spacial score (nSPS) is 15.6. The van der Waals surface area contributed by atoms with Gasteiger partial charge < -0.3 is 14.2 Å². The van der Waals surface area contributed by atoms with Gasteiger partial charge in [0.25, 0.3) is 0 Å². The fourth-order valence-electron chi connectivity index (χ4n) is 3.55. The summed E-state index contributed by atoms with van der Waals surface area (Å²) in [4.78, 5) is 39.1. The average Bonchev–Trinajstić information content (AvgIpc) is 2.79. The first kappa shape index (κ1) is 24.0. The highest BCUT2D eigenvalue weighted by Gasteiger charge is 2.39. The van der Waals surface area contributed by atoms with Crippen LogP contribution in [0.25, 0.3) is 6.08 Å². The van der Waals surface area contributed by atoms with Crippen LogP contribution in [0.1, 0.15) is 49.1 Å². The molecule has 0 aliphatic carbocycles. The molecule has 7 nitrogen and oxygen atoms in total. The summed E-state index contributed by atoms with van der Waals surface area (Å²) in [5, 5.41) is 0. The van der Waals surface area contributed by atoms with Crippen molar-refractivity contribution in [2.45, 2.75) is 45.4 Å². The minimum Gasteiger partial charge on any atom is -0.466 e. The van der Waals surface area contributed by atoms with Crippen molar-refractivity contribution in [3.63, 3.8) is 0 Å². The maximum atomic E-state index is 13.3. The van der Waals surface area contributed by atoms with Gasteiger partial charge in [0.05, 0.1) is 7.11 Å². The number of carbonyl (C=O) groups excluding carboxylic acids is 3. The molecule has 0 fully saturated rings. The molecule has 0 radical (unpaired) electrons. The number of carbonyl (C=O) groups is 3. The molecule has 1 amide bonds. The maximum absolute atomic E-state index is 13.3. The molecule has 0 saturated heterocycles. The first-order valence-electron chi connectivity index (χ1n) is 10.8. The Morgan fingerprint density at radius 3 is 2.48 bits per heavy atom. The van der Waals surface area contributed by atoms with E-state index in [1.54, 1.807) is 32.9 Å². The number of hydrogen-bond donors (Lipinski definition) is 0. The van der Waals surface area contributed by atoms with Crippen molar-refractivity contribution in [3.8, 4) is 0 Å². The van der Waals surface area contributed by atoms with E-state index in [0.29, 0.717) is 24.1 Å². The number of nitrogens with zero attached hydrogens (tertiary/aromatic N) is 1. The van der Waals surface area contributed by atoms with Crippen molar-refractivity contribution in [1.29, 1.82) is 0 Å². The van der Waals surface area contributed by atoms with E-state index < -0.39 is 29.7 Å². The zero-order valence-corrected chi connectivity index (χ0v) is 19.4. The lowest BCUT2D eigenvalue weighted by molar-refractivity contribution is -0.152. The van der Waals surface area contributed by atoms with E-state index in [0.717, 1.165) is 11.1 Å². The summed E-state index contributed by atoms with van der Waals surface area (Å²) in [6.45, 7) is 5.75. The molecule has 2 aromatic rings. The van der Waals surface area contributed by atoms with Crippen LogP contribution in [-0.2, 0) is 36.8 Å². The summed E-state index contributed by atoms with van der Waals surface area (Å²) in [7, 11) is 1.30. The lowest BCUT2D eigenvalue weighted by atomic mass is 9.91. The van der Waals surface area contributed by atoms with Crippen LogP contribution in [0.3, 0.4) is 0 Å². The predicted molar refractivity (Wildman–Crippen MR) is 123 cm³/mol. The van der Waals surface area contributed by atoms with Crippen molar-refractivity contribution in [2.24, 2.45) is 0 Å². The topological polar surface area (TPSA) is 82.1 Å². The van der Waals surface area contributed by atoms with Gasteiger partial charge in [-0.15, -0.1) is 0 Å². The third kappa shape index (κ3) is 6.44. The molecule has 1 aliphatic rings. The Hall–Kier alpha value is -3.61. The van der Waals surface area contributed by atoms with Crippen molar-refractivity contribution in [3.05, 3.63) is 76.9 Å². The standard InChI is InChI=1S/C26H29NO6/c1-26(2,3)33-25(30)27-15-14-20-12-10-18(11-13-22(28)31-4)16-21(20)23(27)24(29)32-17-19-8-6-5-7-9-19/h5-13,16,23H,14-15,17H2,1-4H3. The molecule has 7 heteroatoms.